The summed E-state index contributed by atoms with van der Waals surface area (Å²) >= 11 is 0. The highest BCUT2D eigenvalue weighted by molar-refractivity contribution is 4.94. The number of aliphatic hydroxyl groups excluding tert-OH is 5. The summed E-state index contributed by atoms with van der Waals surface area (Å²) in [5.74, 6) is 0. The molecular weight excluding hydrogens is 414 g/mol. The van der Waals surface area contributed by atoms with Gasteiger partial charge in [-0.2, -0.15) is 0 Å². The summed E-state index contributed by atoms with van der Waals surface area (Å²) in [7, 11) is 0. The van der Waals surface area contributed by atoms with Gasteiger partial charge in [0.25, 0.3) is 0 Å². The van der Waals surface area contributed by atoms with E-state index in [2.05, 4.69) is 6.92 Å². The van der Waals surface area contributed by atoms with Crippen molar-refractivity contribution in [3.63, 3.8) is 0 Å². The highest BCUT2D eigenvalue weighted by Gasteiger charge is 2.44. The fourth-order valence-electron chi connectivity index (χ4n) is 3.81. The lowest BCUT2D eigenvalue weighted by molar-refractivity contribution is -0.302. The largest absolute Gasteiger partial charge is 0.394 e. The minimum atomic E-state index is -1.50. The van der Waals surface area contributed by atoms with Crippen LogP contribution in [0.25, 0.3) is 0 Å². The molecule has 7 N–H and O–H groups in total. The molecule has 7 atom stereocenters. The molecule has 0 aromatic heterocycles. The second-order valence-electron chi connectivity index (χ2n) is 8.94. The lowest BCUT2D eigenvalue weighted by atomic mass is 9.99. The molecular formula is C24H47NO7. The molecule has 0 unspecified atom stereocenters. The highest BCUT2D eigenvalue weighted by atomic mass is 16.7. The Labute approximate surface area is 193 Å². The first-order valence-electron chi connectivity index (χ1n) is 12.4. The van der Waals surface area contributed by atoms with E-state index in [0.717, 1.165) is 12.8 Å². The highest BCUT2D eigenvalue weighted by Crippen LogP contribution is 2.22. The maximum atomic E-state index is 10.2. The second kappa shape index (κ2) is 17.8. The number of rotatable bonds is 18. The first-order chi connectivity index (χ1) is 15.4. The summed E-state index contributed by atoms with van der Waals surface area (Å²) in [6, 6.07) is -0.740. The number of aliphatic hydroxyl groups is 5. The Hall–Kier alpha value is -0.580. The molecule has 1 heterocycles. The van der Waals surface area contributed by atoms with Gasteiger partial charge in [-0.05, 0) is 12.8 Å². The smallest absolute Gasteiger partial charge is 0.186 e. The third-order valence-corrected chi connectivity index (χ3v) is 6.05. The molecule has 0 aliphatic carbocycles. The zero-order chi connectivity index (χ0) is 23.8. The predicted molar refractivity (Wildman–Crippen MR) is 124 cm³/mol. The van der Waals surface area contributed by atoms with Crippen LogP contribution < -0.4 is 5.73 Å². The van der Waals surface area contributed by atoms with Crippen molar-refractivity contribution < 1.29 is 35.0 Å². The van der Waals surface area contributed by atoms with E-state index in [4.69, 9.17) is 15.2 Å². The number of nitrogens with two attached hydrogens (primary N) is 1. The van der Waals surface area contributed by atoms with Crippen molar-refractivity contribution in [2.24, 2.45) is 5.73 Å². The van der Waals surface area contributed by atoms with Crippen molar-refractivity contribution in [2.75, 3.05) is 13.2 Å². The molecule has 8 heteroatoms. The SMILES string of the molecule is CCCCCCCCCCCCC/C=C/[C@H](O)[C@H](N)CO[C@H]1O[C@@H](CO)[C@@H](O)[C@@H](O)[C@@H]1O. The van der Waals surface area contributed by atoms with Gasteiger partial charge in [-0.3, -0.25) is 0 Å². The van der Waals surface area contributed by atoms with Crippen molar-refractivity contribution in [3.8, 4) is 0 Å². The van der Waals surface area contributed by atoms with Crippen molar-refractivity contribution in [1.82, 2.24) is 0 Å². The number of ether oxygens (including phenoxy) is 2. The molecule has 0 bridgehead atoms. The van der Waals surface area contributed by atoms with E-state index < -0.39 is 49.5 Å². The molecule has 8 nitrogen and oxygen atoms in total. The molecule has 1 aliphatic rings. The standard InChI is InChI=1S/C24H47NO7/c1-2-3-4-5-6-7-8-9-10-11-12-13-14-15-19(27)18(25)17-31-24-23(30)22(29)21(28)20(16-26)32-24/h14-15,18-24,26-30H,2-13,16-17,25H2,1H3/b15-14+/t18-,19+,20+,21-,22-,23+,24+/m1/s1. The fourth-order valence-corrected chi connectivity index (χ4v) is 3.81. The van der Waals surface area contributed by atoms with Gasteiger partial charge in [0.1, 0.15) is 24.4 Å². The van der Waals surface area contributed by atoms with Crippen LogP contribution in [0.15, 0.2) is 12.2 Å². The quantitative estimate of drug-likeness (QED) is 0.134. The van der Waals surface area contributed by atoms with E-state index in [-0.39, 0.29) is 6.61 Å². The van der Waals surface area contributed by atoms with Gasteiger partial charge in [0.15, 0.2) is 6.29 Å². The van der Waals surface area contributed by atoms with Crippen molar-refractivity contribution in [3.05, 3.63) is 12.2 Å². The zero-order valence-electron chi connectivity index (χ0n) is 19.7. The minimum absolute atomic E-state index is 0.118. The van der Waals surface area contributed by atoms with Gasteiger partial charge in [0, 0.05) is 0 Å². The van der Waals surface area contributed by atoms with Gasteiger partial charge in [0.2, 0.25) is 0 Å². The van der Waals surface area contributed by atoms with Gasteiger partial charge in [-0.1, -0.05) is 83.3 Å². The van der Waals surface area contributed by atoms with Crippen LogP contribution in [0, 0.1) is 0 Å². The first-order valence-corrected chi connectivity index (χ1v) is 12.4. The van der Waals surface area contributed by atoms with E-state index in [0.29, 0.717) is 0 Å². The molecule has 32 heavy (non-hydrogen) atoms. The minimum Gasteiger partial charge on any atom is -0.394 e. The Morgan fingerprint density at radius 1 is 0.875 bits per heavy atom. The number of unbranched alkanes of at least 4 members (excludes halogenated alkanes) is 11. The lowest BCUT2D eigenvalue weighted by Gasteiger charge is -2.39. The van der Waals surface area contributed by atoms with Crippen LogP contribution >= 0.6 is 0 Å². The van der Waals surface area contributed by atoms with E-state index in [9.17, 15) is 25.5 Å². The molecule has 0 radical (unpaired) electrons. The number of hydrogen-bond acceptors (Lipinski definition) is 8. The first kappa shape index (κ1) is 29.5. The number of allylic oxidation sites excluding steroid dienone is 1. The van der Waals surface area contributed by atoms with Crippen LogP contribution in [0.5, 0.6) is 0 Å². The molecule has 0 aromatic carbocycles. The summed E-state index contributed by atoms with van der Waals surface area (Å²) in [4.78, 5) is 0. The molecule has 1 fully saturated rings. The molecule has 190 valence electrons. The Kier molecular flexibility index (Phi) is 16.4. The fraction of sp³-hybridized carbons (Fsp3) is 0.917. The topological polar surface area (TPSA) is 146 Å². The van der Waals surface area contributed by atoms with Crippen LogP contribution in [0.4, 0.5) is 0 Å². The molecule has 0 aromatic rings. The third kappa shape index (κ3) is 11.5. The maximum absolute atomic E-state index is 10.2. The number of hydrogen-bond donors (Lipinski definition) is 6. The average Bonchev–Trinajstić information content (AvgIpc) is 2.79. The summed E-state index contributed by atoms with van der Waals surface area (Å²) in [5.41, 5.74) is 5.93. The average molecular weight is 462 g/mol. The van der Waals surface area contributed by atoms with Crippen molar-refractivity contribution >= 4 is 0 Å². The molecule has 0 amide bonds. The normalized spacial score (nSPS) is 28.3. The van der Waals surface area contributed by atoms with Gasteiger partial charge in [-0.15, -0.1) is 0 Å². The molecule has 1 saturated heterocycles. The van der Waals surface area contributed by atoms with Gasteiger partial charge >= 0.3 is 0 Å². The van der Waals surface area contributed by atoms with E-state index >= 15 is 0 Å². The molecule has 1 aliphatic heterocycles. The third-order valence-electron chi connectivity index (χ3n) is 6.05. The van der Waals surface area contributed by atoms with Crippen LogP contribution in [0.3, 0.4) is 0 Å². The summed E-state index contributed by atoms with van der Waals surface area (Å²) < 4.78 is 10.6. The Morgan fingerprint density at radius 3 is 2.00 bits per heavy atom. The monoisotopic (exact) mass is 461 g/mol. The van der Waals surface area contributed by atoms with Gasteiger partial charge in [-0.25, -0.2) is 0 Å². The van der Waals surface area contributed by atoms with Gasteiger partial charge < -0.3 is 40.7 Å². The zero-order valence-corrected chi connectivity index (χ0v) is 19.7. The molecule has 1 rings (SSSR count). The van der Waals surface area contributed by atoms with E-state index in [1.165, 1.54) is 64.2 Å². The lowest BCUT2D eigenvalue weighted by Crippen LogP contribution is -2.59. The Balaban J connectivity index is 2.10. The molecule has 0 saturated carbocycles. The second-order valence-corrected chi connectivity index (χ2v) is 8.94. The van der Waals surface area contributed by atoms with Gasteiger partial charge in [0.05, 0.1) is 25.4 Å². The summed E-state index contributed by atoms with van der Waals surface area (Å²) in [6.45, 7) is 1.60. The van der Waals surface area contributed by atoms with Crippen LogP contribution in [-0.2, 0) is 9.47 Å². The van der Waals surface area contributed by atoms with E-state index in [1.807, 2.05) is 6.08 Å². The summed E-state index contributed by atoms with van der Waals surface area (Å²) in [5, 5.41) is 48.8. The van der Waals surface area contributed by atoms with Crippen LogP contribution in [0.2, 0.25) is 0 Å². The van der Waals surface area contributed by atoms with Crippen molar-refractivity contribution in [1.29, 1.82) is 0 Å². The predicted octanol–water partition coefficient (Wildman–Crippen LogP) is 1.75. The van der Waals surface area contributed by atoms with E-state index in [1.54, 1.807) is 6.08 Å². The van der Waals surface area contributed by atoms with Crippen LogP contribution in [0.1, 0.15) is 84.0 Å². The Morgan fingerprint density at radius 2 is 1.44 bits per heavy atom. The van der Waals surface area contributed by atoms with Crippen molar-refractivity contribution in [2.45, 2.75) is 127 Å². The molecule has 0 spiro atoms. The van der Waals surface area contributed by atoms with Crippen LogP contribution in [-0.4, -0.2) is 81.6 Å². The summed E-state index contributed by atoms with van der Waals surface area (Å²) in [6.07, 6.45) is 11.1. The maximum Gasteiger partial charge on any atom is 0.186 e. The Bertz CT molecular complexity index is 477.